The second-order valence-electron chi connectivity index (χ2n) is 6.00. The molecule has 0 bridgehead atoms. The second-order valence-corrected chi connectivity index (χ2v) is 7.10. The van der Waals surface area contributed by atoms with Gasteiger partial charge >= 0.3 is 0 Å². The maximum absolute atomic E-state index is 13.1. The highest BCUT2D eigenvalue weighted by Gasteiger charge is 2.40. The first-order chi connectivity index (χ1) is 12.5. The Hall–Kier alpha value is -2.57. The summed E-state index contributed by atoms with van der Waals surface area (Å²) in [6.45, 7) is -0.0603. The van der Waals surface area contributed by atoms with Crippen LogP contribution in [0.1, 0.15) is 5.56 Å². The van der Waals surface area contributed by atoms with E-state index in [1.165, 1.54) is 16.7 Å². The first-order valence-corrected chi connectivity index (χ1v) is 9.22. The van der Waals surface area contributed by atoms with Gasteiger partial charge in [-0.3, -0.25) is 9.59 Å². The Morgan fingerprint density at radius 2 is 1.62 bits per heavy atom. The van der Waals surface area contributed by atoms with Crippen molar-refractivity contribution in [1.29, 1.82) is 0 Å². The van der Waals surface area contributed by atoms with Gasteiger partial charge in [-0.15, -0.1) is 11.8 Å². The predicted molar refractivity (Wildman–Crippen MR) is 106 cm³/mol. The molecule has 1 heterocycles. The van der Waals surface area contributed by atoms with Crippen LogP contribution >= 0.6 is 11.8 Å². The lowest BCUT2D eigenvalue weighted by Crippen LogP contribution is -2.31. The topological polar surface area (TPSA) is 60.9 Å². The van der Waals surface area contributed by atoms with Crippen molar-refractivity contribution in [1.82, 2.24) is 0 Å². The third kappa shape index (κ3) is 3.38. The third-order valence-electron chi connectivity index (χ3n) is 4.07. The van der Waals surface area contributed by atoms with Crippen LogP contribution in [0.4, 0.5) is 11.4 Å². The van der Waals surface area contributed by atoms with Crippen LogP contribution in [0.3, 0.4) is 0 Å². The van der Waals surface area contributed by atoms with Crippen molar-refractivity contribution < 1.29 is 14.7 Å². The molecule has 3 rings (SSSR count). The first-order valence-electron chi connectivity index (χ1n) is 8.24. The average molecular weight is 368 g/mol. The fourth-order valence-electron chi connectivity index (χ4n) is 2.78. The molecule has 0 atom stereocenters. The molecule has 2 aromatic carbocycles. The molecule has 0 aliphatic carbocycles. The van der Waals surface area contributed by atoms with Gasteiger partial charge in [0, 0.05) is 25.5 Å². The van der Waals surface area contributed by atoms with Crippen molar-refractivity contribution in [3.63, 3.8) is 0 Å². The molecule has 0 saturated carbocycles. The van der Waals surface area contributed by atoms with Crippen molar-refractivity contribution in [3.8, 4) is 0 Å². The molecule has 0 radical (unpaired) electrons. The maximum atomic E-state index is 13.1. The van der Waals surface area contributed by atoms with E-state index in [0.717, 1.165) is 5.69 Å². The van der Waals surface area contributed by atoms with Gasteiger partial charge in [0.15, 0.2) is 0 Å². The van der Waals surface area contributed by atoms with E-state index >= 15 is 0 Å². The molecule has 1 aliphatic heterocycles. The van der Waals surface area contributed by atoms with E-state index in [2.05, 4.69) is 0 Å². The standard InChI is InChI=1S/C20H20N2O3S/c1-21(2)15-8-10-16(11-9-15)22-19(24)17(14-6-4-3-5-7-14)18(20(22)25)26-13-12-23/h3-11,23H,12-13H2,1-2H3. The summed E-state index contributed by atoms with van der Waals surface area (Å²) in [7, 11) is 3.86. The number of carbonyl (C=O) groups excluding carboxylic acids is 2. The van der Waals surface area contributed by atoms with Gasteiger partial charge in [-0.1, -0.05) is 30.3 Å². The van der Waals surface area contributed by atoms with Crippen LogP contribution in [0.15, 0.2) is 59.5 Å². The molecule has 1 aliphatic rings. The normalized spacial score (nSPS) is 14.3. The van der Waals surface area contributed by atoms with E-state index in [-0.39, 0.29) is 18.4 Å². The fourth-order valence-corrected chi connectivity index (χ4v) is 3.64. The van der Waals surface area contributed by atoms with Crippen molar-refractivity contribution in [3.05, 3.63) is 65.1 Å². The zero-order valence-corrected chi connectivity index (χ0v) is 15.5. The van der Waals surface area contributed by atoms with Gasteiger partial charge in [-0.25, -0.2) is 4.90 Å². The lowest BCUT2D eigenvalue weighted by molar-refractivity contribution is -0.119. The van der Waals surface area contributed by atoms with Crippen LogP contribution in [0.2, 0.25) is 0 Å². The molecule has 2 aromatic rings. The second kappa shape index (κ2) is 7.76. The summed E-state index contributed by atoms with van der Waals surface area (Å²) in [5, 5.41) is 9.14. The molecule has 1 N–H and O–H groups in total. The minimum atomic E-state index is -0.343. The summed E-state index contributed by atoms with van der Waals surface area (Å²) < 4.78 is 0. The minimum absolute atomic E-state index is 0.0603. The van der Waals surface area contributed by atoms with Crippen molar-refractivity contribution in [2.24, 2.45) is 0 Å². The SMILES string of the molecule is CN(C)c1ccc(N2C(=O)C(SCCO)=C(c3ccccc3)C2=O)cc1. The van der Waals surface area contributed by atoms with Gasteiger partial charge in [-0.2, -0.15) is 0 Å². The van der Waals surface area contributed by atoms with Gasteiger partial charge in [-0.05, 0) is 29.8 Å². The zero-order valence-electron chi connectivity index (χ0n) is 14.7. The number of amides is 2. The summed E-state index contributed by atoms with van der Waals surface area (Å²) in [4.78, 5) is 29.6. The average Bonchev–Trinajstić information content (AvgIpc) is 2.90. The van der Waals surface area contributed by atoms with Gasteiger partial charge in [0.25, 0.3) is 11.8 Å². The summed E-state index contributed by atoms with van der Waals surface area (Å²) in [6.07, 6.45) is 0. The van der Waals surface area contributed by atoms with Crippen LogP contribution in [0, 0.1) is 0 Å². The van der Waals surface area contributed by atoms with E-state index in [1.54, 1.807) is 12.1 Å². The molecule has 0 saturated heterocycles. The monoisotopic (exact) mass is 368 g/mol. The number of benzene rings is 2. The Bertz CT molecular complexity index is 845. The quantitative estimate of drug-likeness (QED) is 0.795. The van der Waals surface area contributed by atoms with E-state index in [1.807, 2.05) is 61.5 Å². The molecule has 5 nitrogen and oxygen atoms in total. The lowest BCUT2D eigenvalue weighted by Gasteiger charge is -2.17. The van der Waals surface area contributed by atoms with Gasteiger partial charge in [0.05, 0.1) is 22.8 Å². The highest BCUT2D eigenvalue weighted by Crippen LogP contribution is 2.38. The summed E-state index contributed by atoms with van der Waals surface area (Å²) in [5.41, 5.74) is 2.63. The Labute approximate surface area is 156 Å². The largest absolute Gasteiger partial charge is 0.396 e. The maximum Gasteiger partial charge on any atom is 0.272 e. The minimum Gasteiger partial charge on any atom is -0.396 e. The van der Waals surface area contributed by atoms with Crippen LogP contribution < -0.4 is 9.80 Å². The smallest absolute Gasteiger partial charge is 0.272 e. The van der Waals surface area contributed by atoms with Crippen LogP contribution in [-0.2, 0) is 9.59 Å². The molecule has 0 aromatic heterocycles. The molecule has 0 spiro atoms. The van der Waals surface area contributed by atoms with E-state index in [9.17, 15) is 9.59 Å². The zero-order chi connectivity index (χ0) is 18.7. The molecular formula is C20H20N2O3S. The van der Waals surface area contributed by atoms with Crippen molar-refractivity contribution in [2.75, 3.05) is 36.3 Å². The highest BCUT2D eigenvalue weighted by atomic mass is 32.2. The van der Waals surface area contributed by atoms with Crippen LogP contribution in [0.5, 0.6) is 0 Å². The van der Waals surface area contributed by atoms with E-state index in [4.69, 9.17) is 5.11 Å². The summed E-state index contributed by atoms with van der Waals surface area (Å²) >= 11 is 1.21. The number of aliphatic hydroxyl groups excluding tert-OH is 1. The predicted octanol–water partition coefficient (Wildman–Crippen LogP) is 2.76. The number of anilines is 2. The van der Waals surface area contributed by atoms with Gasteiger partial charge in [0.2, 0.25) is 0 Å². The van der Waals surface area contributed by atoms with E-state index in [0.29, 0.717) is 27.5 Å². The Morgan fingerprint density at radius 3 is 2.19 bits per heavy atom. The summed E-state index contributed by atoms with van der Waals surface area (Å²) in [5.74, 6) is -0.317. The number of carbonyl (C=O) groups is 2. The Balaban J connectivity index is 2.01. The van der Waals surface area contributed by atoms with Gasteiger partial charge in [0.1, 0.15) is 0 Å². The van der Waals surface area contributed by atoms with Crippen LogP contribution in [-0.4, -0.2) is 43.4 Å². The molecule has 2 amide bonds. The Morgan fingerprint density at radius 1 is 0.962 bits per heavy atom. The number of hydrogen-bond acceptors (Lipinski definition) is 5. The molecule has 134 valence electrons. The number of nitrogens with zero attached hydrogens (tertiary/aromatic N) is 2. The molecule has 0 unspecified atom stereocenters. The number of aliphatic hydroxyl groups is 1. The molecular weight excluding hydrogens is 348 g/mol. The number of rotatable bonds is 6. The number of thioether (sulfide) groups is 1. The molecule has 0 fully saturated rings. The fraction of sp³-hybridized carbons (Fsp3) is 0.200. The van der Waals surface area contributed by atoms with E-state index < -0.39 is 0 Å². The third-order valence-corrected chi connectivity index (χ3v) is 5.12. The van der Waals surface area contributed by atoms with Gasteiger partial charge < -0.3 is 10.0 Å². The van der Waals surface area contributed by atoms with Crippen LogP contribution in [0.25, 0.3) is 5.57 Å². The molecule has 6 heteroatoms. The molecule has 26 heavy (non-hydrogen) atoms. The highest BCUT2D eigenvalue weighted by molar-refractivity contribution is 8.04. The van der Waals surface area contributed by atoms with Crippen molar-refractivity contribution >= 4 is 40.5 Å². The lowest BCUT2D eigenvalue weighted by atomic mass is 10.1. The number of imide groups is 1. The number of hydrogen-bond donors (Lipinski definition) is 1. The van der Waals surface area contributed by atoms with Crippen molar-refractivity contribution in [2.45, 2.75) is 0 Å². The summed E-state index contributed by atoms with van der Waals surface area (Å²) in [6, 6.07) is 16.5. The Kier molecular flexibility index (Phi) is 5.44. The first kappa shape index (κ1) is 18.2.